The van der Waals surface area contributed by atoms with Crippen LogP contribution >= 0.6 is 27.7 Å². The van der Waals surface area contributed by atoms with Crippen LogP contribution in [0.1, 0.15) is 47.5 Å². The van der Waals surface area contributed by atoms with Crippen molar-refractivity contribution in [3.63, 3.8) is 0 Å². The zero-order valence-corrected chi connectivity index (χ0v) is 24.8. The molecule has 3 unspecified atom stereocenters. The summed E-state index contributed by atoms with van der Waals surface area (Å²) in [6, 6.07) is -1.25. The Bertz CT molecular complexity index is 906. The highest BCUT2D eigenvalue weighted by molar-refractivity contribution is 9.09. The van der Waals surface area contributed by atoms with Gasteiger partial charge in [0.25, 0.3) is 0 Å². The van der Waals surface area contributed by atoms with Crippen LogP contribution in [0.4, 0.5) is 0 Å². The molecule has 1 N–H and O–H groups in total. The predicted octanol–water partition coefficient (Wildman–Crippen LogP) is 3.32. The molecule has 3 heterocycles. The van der Waals surface area contributed by atoms with Crippen LogP contribution in [0.15, 0.2) is 25.3 Å². The first-order valence-corrected chi connectivity index (χ1v) is 14.6. The van der Waals surface area contributed by atoms with E-state index >= 15 is 0 Å². The third kappa shape index (κ3) is 4.80. The summed E-state index contributed by atoms with van der Waals surface area (Å²) in [6.07, 6.45) is 4.58. The number of rotatable bonds is 10. The number of fused-ring (bicyclic) bond motifs is 1. The van der Waals surface area contributed by atoms with E-state index in [-0.39, 0.29) is 40.3 Å². The molecule has 0 aliphatic carbocycles. The van der Waals surface area contributed by atoms with Crippen LogP contribution in [0.5, 0.6) is 0 Å². The van der Waals surface area contributed by atoms with Crippen molar-refractivity contribution in [3.05, 3.63) is 25.3 Å². The normalized spacial score (nSPS) is 32.0. The highest BCUT2D eigenvalue weighted by Crippen LogP contribution is 2.68. The first-order valence-electron chi connectivity index (χ1n) is 12.8. The molecule has 36 heavy (non-hydrogen) atoms. The van der Waals surface area contributed by atoms with E-state index in [1.807, 2.05) is 34.6 Å². The van der Waals surface area contributed by atoms with Gasteiger partial charge >= 0.3 is 0 Å². The molecule has 9 heteroatoms. The van der Waals surface area contributed by atoms with Gasteiger partial charge < -0.3 is 19.8 Å². The first-order chi connectivity index (χ1) is 16.8. The minimum atomic E-state index is -0.761. The Hall–Kier alpha value is -1.32. The van der Waals surface area contributed by atoms with E-state index in [4.69, 9.17) is 0 Å². The van der Waals surface area contributed by atoms with Crippen molar-refractivity contribution in [2.24, 2.45) is 17.8 Å². The Morgan fingerprint density at radius 1 is 1.25 bits per heavy atom. The van der Waals surface area contributed by atoms with E-state index in [0.29, 0.717) is 25.9 Å². The number of hydrogen-bond donors (Lipinski definition) is 1. The fraction of sp³-hybridized carbons (Fsp3) is 0.741. The summed E-state index contributed by atoms with van der Waals surface area (Å²) in [7, 11) is 1.73. The molecule has 3 aliphatic rings. The van der Waals surface area contributed by atoms with Crippen molar-refractivity contribution < 1.29 is 19.5 Å². The molecule has 1 spiro atoms. The second kappa shape index (κ2) is 10.8. The van der Waals surface area contributed by atoms with Gasteiger partial charge in [0.2, 0.25) is 17.7 Å². The van der Waals surface area contributed by atoms with Gasteiger partial charge in [0.05, 0.1) is 29.2 Å². The Balaban J connectivity index is 2.17. The lowest BCUT2D eigenvalue weighted by Gasteiger charge is -2.44. The largest absolute Gasteiger partial charge is 0.394 e. The smallest absolute Gasteiger partial charge is 0.247 e. The number of aliphatic hydroxyl groups excluding tert-OH is 1. The molecule has 202 valence electrons. The van der Waals surface area contributed by atoms with Crippen molar-refractivity contribution in [3.8, 4) is 0 Å². The fourth-order valence-corrected chi connectivity index (χ4v) is 9.94. The molecule has 0 aromatic rings. The van der Waals surface area contributed by atoms with Gasteiger partial charge in [-0.25, -0.2) is 0 Å². The number of aliphatic hydroxyl groups is 1. The van der Waals surface area contributed by atoms with Crippen molar-refractivity contribution in [1.82, 2.24) is 14.7 Å². The van der Waals surface area contributed by atoms with E-state index in [0.717, 1.165) is 0 Å². The zero-order chi connectivity index (χ0) is 27.2. The average Bonchev–Trinajstić information content (AvgIpc) is 3.37. The van der Waals surface area contributed by atoms with E-state index in [1.165, 1.54) is 0 Å². The first kappa shape index (κ1) is 29.2. The third-order valence-corrected chi connectivity index (χ3v) is 11.0. The lowest BCUT2D eigenvalue weighted by atomic mass is 9.70. The molecular formula is C27H42BrN3O4S. The number of amides is 3. The molecule has 7 nitrogen and oxygen atoms in total. The van der Waals surface area contributed by atoms with Gasteiger partial charge in [-0.1, -0.05) is 41.9 Å². The molecule has 2 bridgehead atoms. The van der Waals surface area contributed by atoms with Gasteiger partial charge in [0.1, 0.15) is 6.04 Å². The summed E-state index contributed by atoms with van der Waals surface area (Å²) in [5.41, 5.74) is -0.490. The zero-order valence-electron chi connectivity index (χ0n) is 22.4. The van der Waals surface area contributed by atoms with Gasteiger partial charge in [-0.15, -0.1) is 24.9 Å². The molecule has 7 atom stereocenters. The number of hydrogen-bond acceptors (Lipinski definition) is 5. The molecular weight excluding hydrogens is 542 g/mol. The van der Waals surface area contributed by atoms with Crippen LogP contribution in [0, 0.1) is 17.8 Å². The van der Waals surface area contributed by atoms with Crippen molar-refractivity contribution in [1.29, 1.82) is 0 Å². The molecule has 3 fully saturated rings. The molecule has 3 aliphatic heterocycles. The maximum Gasteiger partial charge on any atom is 0.247 e. The van der Waals surface area contributed by atoms with Crippen LogP contribution in [-0.4, -0.2) is 96.7 Å². The standard InChI is InChI=1S/C27H42BrN3O4S/c1-9-11-29(8)23(33)19-20-24(34)31(17(15-32)13-16(3)4)22(27(20)14-18(28)21(19)36-27)25(35)30(12-10-2)26(5,6)7/h9-10,16-22,32H,1-2,11-15H2,3-8H3/t17-,18?,19-,20+,21-,22?,27?/m1/s1. The van der Waals surface area contributed by atoms with Crippen LogP contribution < -0.4 is 0 Å². The van der Waals surface area contributed by atoms with E-state index in [1.54, 1.807) is 45.7 Å². The van der Waals surface area contributed by atoms with Gasteiger partial charge in [-0.2, -0.15) is 0 Å². The Kier molecular flexibility index (Phi) is 8.78. The van der Waals surface area contributed by atoms with E-state index in [2.05, 4.69) is 29.1 Å². The summed E-state index contributed by atoms with van der Waals surface area (Å²) in [4.78, 5) is 47.5. The molecule has 0 radical (unpaired) electrons. The number of carbonyl (C=O) groups is 3. The second-order valence-electron chi connectivity index (χ2n) is 11.8. The minimum absolute atomic E-state index is 0.00745. The Morgan fingerprint density at radius 3 is 2.36 bits per heavy atom. The van der Waals surface area contributed by atoms with Crippen LogP contribution in [0.25, 0.3) is 0 Å². The molecule has 0 saturated carbocycles. The molecule has 3 saturated heterocycles. The Labute approximate surface area is 228 Å². The van der Waals surface area contributed by atoms with Crippen molar-refractivity contribution >= 4 is 45.4 Å². The van der Waals surface area contributed by atoms with Gasteiger partial charge in [0.15, 0.2) is 0 Å². The minimum Gasteiger partial charge on any atom is -0.394 e. The number of thioether (sulfide) groups is 1. The maximum atomic E-state index is 14.5. The summed E-state index contributed by atoms with van der Waals surface area (Å²) in [5, 5.41) is 10.3. The van der Waals surface area contributed by atoms with Crippen LogP contribution in [0.3, 0.4) is 0 Å². The van der Waals surface area contributed by atoms with Crippen LogP contribution in [-0.2, 0) is 14.4 Å². The van der Waals surface area contributed by atoms with Crippen molar-refractivity contribution in [2.45, 2.75) is 79.9 Å². The average molecular weight is 585 g/mol. The number of nitrogens with zero attached hydrogens (tertiary/aromatic N) is 3. The maximum absolute atomic E-state index is 14.5. The molecule has 0 aromatic carbocycles. The fourth-order valence-electron chi connectivity index (χ4n) is 6.35. The monoisotopic (exact) mass is 583 g/mol. The quantitative estimate of drug-likeness (QED) is 0.315. The van der Waals surface area contributed by atoms with Crippen molar-refractivity contribution in [2.75, 3.05) is 26.7 Å². The lowest BCUT2D eigenvalue weighted by molar-refractivity contribution is -0.149. The number of halogens is 1. The van der Waals surface area contributed by atoms with Gasteiger partial charge in [-0.05, 0) is 39.5 Å². The molecule has 3 amide bonds. The topological polar surface area (TPSA) is 81.2 Å². The number of likely N-dealkylation sites (N-methyl/N-ethyl adjacent to an activating group) is 1. The summed E-state index contributed by atoms with van der Waals surface area (Å²) >= 11 is 5.44. The summed E-state index contributed by atoms with van der Waals surface area (Å²) in [6.45, 7) is 18.2. The molecule has 0 aromatic heterocycles. The van der Waals surface area contributed by atoms with E-state index < -0.39 is 34.2 Å². The van der Waals surface area contributed by atoms with Gasteiger partial charge in [-0.3, -0.25) is 14.4 Å². The molecule has 3 rings (SSSR count). The van der Waals surface area contributed by atoms with E-state index in [9.17, 15) is 19.5 Å². The highest BCUT2D eigenvalue weighted by Gasteiger charge is 2.76. The predicted molar refractivity (Wildman–Crippen MR) is 149 cm³/mol. The highest BCUT2D eigenvalue weighted by atomic mass is 79.9. The number of likely N-dealkylation sites (tertiary alicyclic amines) is 1. The third-order valence-electron chi connectivity index (χ3n) is 7.76. The SMILES string of the molecule is C=CCN(C)C(=O)[C@H]1[C@@H]2SC3(CC2Br)C(C(=O)N(CC=C)C(C)(C)C)N([C@@H](CO)CC(C)C)C(=O)[C@H]13. The summed E-state index contributed by atoms with van der Waals surface area (Å²) in [5.74, 6) is -1.33. The summed E-state index contributed by atoms with van der Waals surface area (Å²) < 4.78 is -0.739. The van der Waals surface area contributed by atoms with Crippen LogP contribution in [0.2, 0.25) is 0 Å². The number of carbonyl (C=O) groups excluding carboxylic acids is 3. The lowest BCUT2D eigenvalue weighted by Crippen LogP contribution is -2.61. The second-order valence-corrected chi connectivity index (χ2v) is 14.5. The Morgan fingerprint density at radius 2 is 1.86 bits per heavy atom. The van der Waals surface area contributed by atoms with Gasteiger partial charge in [0, 0.05) is 35.8 Å². The number of alkyl halides is 1.